The van der Waals surface area contributed by atoms with Gasteiger partial charge in [-0.2, -0.15) is 0 Å². The van der Waals surface area contributed by atoms with E-state index in [1.54, 1.807) is 12.3 Å². The minimum atomic E-state index is -0.236. The van der Waals surface area contributed by atoms with Crippen LogP contribution in [0.5, 0.6) is 0 Å². The number of H-pyrrole nitrogens is 1. The van der Waals surface area contributed by atoms with Gasteiger partial charge < -0.3 is 14.7 Å². The quantitative estimate of drug-likeness (QED) is 0.764. The molecule has 4 rings (SSSR count). The number of imidazole rings is 1. The van der Waals surface area contributed by atoms with Crippen LogP contribution in [0.25, 0.3) is 5.65 Å². The van der Waals surface area contributed by atoms with Gasteiger partial charge in [0, 0.05) is 48.0 Å². The first kappa shape index (κ1) is 13.8. The first-order chi connectivity index (χ1) is 11.1. The Labute approximate surface area is 132 Å². The van der Waals surface area contributed by atoms with Crippen molar-refractivity contribution in [3.8, 4) is 0 Å². The molecule has 23 heavy (non-hydrogen) atoms. The fourth-order valence-corrected chi connectivity index (χ4v) is 3.18. The van der Waals surface area contributed by atoms with Crippen molar-refractivity contribution in [3.63, 3.8) is 0 Å². The monoisotopic (exact) mass is 308 g/mol. The van der Waals surface area contributed by atoms with Crippen molar-refractivity contribution in [3.05, 3.63) is 53.2 Å². The number of ketones is 1. The lowest BCUT2D eigenvalue weighted by Crippen LogP contribution is -2.14. The van der Waals surface area contributed by atoms with Gasteiger partial charge in [0.25, 0.3) is 5.91 Å². The Morgan fingerprint density at radius 2 is 2.22 bits per heavy atom. The number of anilines is 1. The van der Waals surface area contributed by atoms with Gasteiger partial charge in [0.2, 0.25) is 0 Å². The summed E-state index contributed by atoms with van der Waals surface area (Å²) < 4.78 is 1.87. The molecular formula is C17H16N4O2. The van der Waals surface area contributed by atoms with Crippen molar-refractivity contribution in [2.24, 2.45) is 0 Å². The zero-order chi connectivity index (χ0) is 16.0. The van der Waals surface area contributed by atoms with Crippen molar-refractivity contribution >= 4 is 23.0 Å². The van der Waals surface area contributed by atoms with Crippen LogP contribution in [0.1, 0.15) is 44.9 Å². The van der Waals surface area contributed by atoms with Gasteiger partial charge in [-0.3, -0.25) is 9.59 Å². The Kier molecular flexibility index (Phi) is 3.04. The summed E-state index contributed by atoms with van der Waals surface area (Å²) in [4.78, 5) is 31.9. The Morgan fingerprint density at radius 3 is 3.04 bits per heavy atom. The minimum absolute atomic E-state index is 0.123. The second-order valence-corrected chi connectivity index (χ2v) is 5.82. The molecule has 3 aromatic rings. The molecule has 3 heterocycles. The third-order valence-electron chi connectivity index (χ3n) is 4.32. The number of hydrogen-bond acceptors (Lipinski definition) is 3. The van der Waals surface area contributed by atoms with Crippen LogP contribution in [-0.2, 0) is 6.42 Å². The van der Waals surface area contributed by atoms with Crippen LogP contribution in [0, 0.1) is 6.92 Å². The Morgan fingerprint density at radius 1 is 1.35 bits per heavy atom. The molecule has 0 spiro atoms. The van der Waals surface area contributed by atoms with Crippen molar-refractivity contribution < 1.29 is 9.59 Å². The van der Waals surface area contributed by atoms with Gasteiger partial charge in [0.1, 0.15) is 11.3 Å². The number of nitrogens with one attached hydrogen (secondary N) is 2. The number of Topliss-reactive ketones (excluding diaryl/α,β-unsaturated/α-hetero) is 1. The molecule has 0 atom stereocenters. The molecule has 6 nitrogen and oxygen atoms in total. The molecule has 116 valence electrons. The maximum atomic E-state index is 12.6. The molecule has 0 saturated heterocycles. The van der Waals surface area contributed by atoms with Crippen LogP contribution < -0.4 is 5.32 Å². The lowest BCUT2D eigenvalue weighted by Gasteiger charge is -2.09. The van der Waals surface area contributed by atoms with E-state index in [0.717, 1.165) is 29.7 Å². The van der Waals surface area contributed by atoms with Crippen molar-refractivity contribution in [1.82, 2.24) is 14.4 Å². The molecule has 1 aliphatic rings. The topological polar surface area (TPSA) is 79.3 Å². The van der Waals surface area contributed by atoms with Crippen molar-refractivity contribution in [2.75, 3.05) is 5.32 Å². The van der Waals surface area contributed by atoms with E-state index in [-0.39, 0.29) is 11.7 Å². The number of fused-ring (bicyclic) bond motifs is 2. The molecule has 0 radical (unpaired) electrons. The normalized spacial score (nSPS) is 14.0. The predicted molar refractivity (Wildman–Crippen MR) is 85.9 cm³/mol. The maximum Gasteiger partial charge on any atom is 0.272 e. The molecule has 0 fully saturated rings. The van der Waals surface area contributed by atoms with E-state index in [1.165, 1.54) is 0 Å². The average molecular weight is 308 g/mol. The third kappa shape index (κ3) is 2.23. The lowest BCUT2D eigenvalue weighted by atomic mass is 9.94. The molecule has 0 aromatic carbocycles. The molecule has 6 heteroatoms. The molecule has 3 aromatic heterocycles. The maximum absolute atomic E-state index is 12.6. The number of nitrogens with zero attached hydrogens (tertiary/aromatic N) is 2. The lowest BCUT2D eigenvalue weighted by molar-refractivity contribution is 0.0971. The van der Waals surface area contributed by atoms with Crippen molar-refractivity contribution in [1.29, 1.82) is 0 Å². The summed E-state index contributed by atoms with van der Waals surface area (Å²) in [5.41, 5.74) is 4.22. The number of aryl methyl sites for hydroxylation is 1. The van der Waals surface area contributed by atoms with Crippen LogP contribution >= 0.6 is 0 Å². The largest absolute Gasteiger partial charge is 0.354 e. The Bertz CT molecular complexity index is 935. The third-order valence-corrected chi connectivity index (χ3v) is 4.32. The van der Waals surface area contributed by atoms with Gasteiger partial charge in [-0.25, -0.2) is 4.98 Å². The van der Waals surface area contributed by atoms with E-state index in [1.807, 2.05) is 29.8 Å². The number of hydrogen-bond donors (Lipinski definition) is 2. The molecule has 1 amide bonds. The minimum Gasteiger partial charge on any atom is -0.354 e. The van der Waals surface area contributed by atoms with Crippen LogP contribution in [0.3, 0.4) is 0 Å². The molecule has 0 saturated carbocycles. The van der Waals surface area contributed by atoms with E-state index >= 15 is 0 Å². The first-order valence-electron chi connectivity index (χ1n) is 7.62. The predicted octanol–water partition coefficient (Wildman–Crippen LogP) is 2.74. The molecule has 2 N–H and O–H groups in total. The number of aromatic amines is 1. The second-order valence-electron chi connectivity index (χ2n) is 5.82. The van der Waals surface area contributed by atoms with Gasteiger partial charge in [-0.15, -0.1) is 0 Å². The number of amides is 1. The number of carbonyl (C=O) groups is 2. The molecular weight excluding hydrogens is 292 g/mol. The fourth-order valence-electron chi connectivity index (χ4n) is 3.18. The smallest absolute Gasteiger partial charge is 0.272 e. The molecule has 0 bridgehead atoms. The van der Waals surface area contributed by atoms with E-state index in [0.29, 0.717) is 23.4 Å². The Balaban J connectivity index is 1.65. The number of aromatic nitrogens is 3. The summed E-state index contributed by atoms with van der Waals surface area (Å²) >= 11 is 0. The average Bonchev–Trinajstić information content (AvgIpc) is 3.12. The summed E-state index contributed by atoms with van der Waals surface area (Å²) in [6, 6.07) is 3.62. The highest BCUT2D eigenvalue weighted by Crippen LogP contribution is 2.27. The van der Waals surface area contributed by atoms with E-state index in [4.69, 9.17) is 0 Å². The summed E-state index contributed by atoms with van der Waals surface area (Å²) in [6.07, 6.45) is 7.60. The van der Waals surface area contributed by atoms with Gasteiger partial charge in [-0.1, -0.05) is 0 Å². The van der Waals surface area contributed by atoms with E-state index in [2.05, 4.69) is 15.3 Å². The molecule has 1 aliphatic carbocycles. The van der Waals surface area contributed by atoms with Crippen LogP contribution in [-0.4, -0.2) is 26.1 Å². The molecule has 0 unspecified atom stereocenters. The van der Waals surface area contributed by atoms with Gasteiger partial charge in [-0.05, 0) is 31.4 Å². The highest BCUT2D eigenvalue weighted by atomic mass is 16.2. The van der Waals surface area contributed by atoms with Gasteiger partial charge >= 0.3 is 0 Å². The number of rotatable bonds is 2. The highest BCUT2D eigenvalue weighted by molar-refractivity contribution is 6.08. The zero-order valence-corrected chi connectivity index (χ0v) is 12.7. The number of carbonyl (C=O) groups excluding carboxylic acids is 2. The number of pyridine rings is 1. The zero-order valence-electron chi connectivity index (χ0n) is 12.7. The second kappa shape index (κ2) is 5.08. The summed E-state index contributed by atoms with van der Waals surface area (Å²) in [5.74, 6) is -0.113. The summed E-state index contributed by atoms with van der Waals surface area (Å²) in [6.45, 7) is 1.82. The fraction of sp³-hybridized carbons (Fsp3) is 0.235. The van der Waals surface area contributed by atoms with E-state index in [9.17, 15) is 9.59 Å². The SMILES string of the molecule is Cc1c(C(=O)Nc2ccn3ccnc3c2)[nH]c2c1C(=O)CCC2. The summed E-state index contributed by atoms with van der Waals surface area (Å²) in [7, 11) is 0. The standard InChI is InChI=1S/C17H16N4O2/c1-10-15-12(3-2-4-13(15)22)20-16(10)17(23)19-11-5-7-21-8-6-18-14(21)9-11/h5-9,20H,2-4H2,1H3,(H,19,23). The van der Waals surface area contributed by atoms with Crippen LogP contribution in [0.15, 0.2) is 30.7 Å². The van der Waals surface area contributed by atoms with E-state index < -0.39 is 0 Å². The highest BCUT2D eigenvalue weighted by Gasteiger charge is 2.26. The van der Waals surface area contributed by atoms with Gasteiger partial charge in [0.15, 0.2) is 5.78 Å². The molecule has 0 aliphatic heterocycles. The summed E-state index contributed by atoms with van der Waals surface area (Å²) in [5, 5.41) is 2.87. The first-order valence-corrected chi connectivity index (χ1v) is 7.62. The van der Waals surface area contributed by atoms with Crippen LogP contribution in [0.2, 0.25) is 0 Å². The Hall–Kier alpha value is -2.89. The van der Waals surface area contributed by atoms with Crippen molar-refractivity contribution in [2.45, 2.75) is 26.2 Å². The van der Waals surface area contributed by atoms with Gasteiger partial charge in [0.05, 0.1) is 0 Å². The van der Waals surface area contributed by atoms with Crippen LogP contribution in [0.4, 0.5) is 5.69 Å².